The zero-order valence-electron chi connectivity index (χ0n) is 46.3. The van der Waals surface area contributed by atoms with Crippen molar-refractivity contribution >= 4 is 73.7 Å². The number of hydrogen-bond acceptors (Lipinski definition) is 15. The minimum atomic E-state index is -4.16. The normalized spacial score (nSPS) is 10.7. The number of rotatable bonds is 10. The maximum absolute atomic E-state index is 9.33. The van der Waals surface area contributed by atoms with E-state index in [9.17, 15) is 13.5 Å². The molecular formula is C54H68Cl3N16O6S+. The summed E-state index contributed by atoms with van der Waals surface area (Å²) in [5, 5.41) is 33.3. The van der Waals surface area contributed by atoms with Gasteiger partial charge in [-0.3, -0.25) is 13.7 Å². The minimum Gasteiger partial charge on any atom is -1.00 e. The number of nitrogen functional groups attached to an aromatic ring is 2. The van der Waals surface area contributed by atoms with Crippen LogP contribution in [0.1, 0.15) is 11.1 Å². The molecule has 3 aromatic heterocycles. The number of fused-ring (bicyclic) bond motifs is 2. The molecular weight excluding hydrogens is 1110 g/mol. The lowest BCUT2D eigenvalue weighted by atomic mass is 10.1. The van der Waals surface area contributed by atoms with Crippen molar-refractivity contribution in [3.63, 3.8) is 0 Å². The van der Waals surface area contributed by atoms with Crippen molar-refractivity contribution in [3.8, 4) is 11.5 Å². The van der Waals surface area contributed by atoms with E-state index >= 15 is 0 Å². The number of aromatic nitrogens is 6. The van der Waals surface area contributed by atoms with Gasteiger partial charge in [0.1, 0.15) is 43.7 Å². The van der Waals surface area contributed by atoms with E-state index in [0.29, 0.717) is 28.1 Å². The third-order valence-electron chi connectivity index (χ3n) is 11.1. The van der Waals surface area contributed by atoms with Crippen LogP contribution in [0.25, 0.3) is 22.6 Å². The van der Waals surface area contributed by atoms with Crippen LogP contribution in [0.4, 0.5) is 46.0 Å². The van der Waals surface area contributed by atoms with E-state index in [1.54, 1.807) is 24.3 Å². The number of azo groups is 2. The third kappa shape index (κ3) is 21.2. The number of aryl methyl sites for hydroxylation is 5. The maximum atomic E-state index is 9.33. The minimum absolute atomic E-state index is 0. The second kappa shape index (κ2) is 32.7. The van der Waals surface area contributed by atoms with E-state index in [1.807, 2.05) is 243 Å². The Labute approximate surface area is 485 Å². The van der Waals surface area contributed by atoms with Gasteiger partial charge in [-0.15, -0.1) is 0 Å². The number of imidazole rings is 2. The van der Waals surface area contributed by atoms with Gasteiger partial charge in [0.15, 0.2) is 23.7 Å². The second-order valence-electron chi connectivity index (χ2n) is 17.5. The molecule has 0 spiro atoms. The largest absolute Gasteiger partial charge is 1.00 e. The first-order valence-electron chi connectivity index (χ1n) is 23.7. The highest BCUT2D eigenvalue weighted by atomic mass is 35.5. The molecule has 4 heterocycles. The number of pyridine rings is 1. The smallest absolute Gasteiger partial charge is 0.421 e. The zero-order chi connectivity index (χ0) is 56.2. The van der Waals surface area contributed by atoms with Crippen LogP contribution in [-0.2, 0) is 56.4 Å². The van der Waals surface area contributed by atoms with Gasteiger partial charge in [0.25, 0.3) is 0 Å². The molecule has 0 unspecified atom stereocenters. The average Bonchev–Trinajstić information content (AvgIpc) is 3.92. The number of nitrogens with zero attached hydrogens (tertiary/aromatic N) is 14. The number of para-hydroxylation sites is 1. The van der Waals surface area contributed by atoms with E-state index in [2.05, 4.69) is 39.6 Å². The van der Waals surface area contributed by atoms with Gasteiger partial charge in [0.05, 0.1) is 84.7 Å². The topological polar surface area (TPSA) is 255 Å². The number of hydrazone groups is 1. The van der Waals surface area contributed by atoms with Crippen LogP contribution in [0, 0.1) is 0 Å². The lowest BCUT2D eigenvalue weighted by molar-refractivity contribution is -0.671. The molecule has 426 valence electrons. The summed E-state index contributed by atoms with van der Waals surface area (Å²) in [6, 6.07) is 38.7. The molecule has 0 atom stereocenters. The van der Waals surface area contributed by atoms with E-state index in [4.69, 9.17) is 20.4 Å². The fraction of sp³-hybridized carbons (Fsp3) is 0.222. The average molecular weight is 1180 g/mol. The van der Waals surface area contributed by atoms with Gasteiger partial charge < -0.3 is 63.1 Å². The standard InChI is InChI=1S/C15H15N3O2.C14H16N3.C13H18N5.C11H13N5.CH4O4S.3ClH/c1-18(2)10-3-4-12-14(6-10)20-15-7-11(16)9(8-19)5-13(15)17-12;1-16-10-8-13(9-11-16)12-15-17(2)14-6-4-3-5-7-14;1-16(2)12-7-5-11(6-8-12)14-15-13-17(3)9-10-18(13)4;1-15-7-8-16(2)11(15)14-13-10-5-3-9(12)4-6-10;1-5-6(2,3)4;;;/h3-7,16,19H,8H2,1-2H3;3-12H,1-2H3;5-10H,1-4H3;3-8,12H,1-2H3;1H3,(H,2,3,4);3*1H/q;2*+1;;;;;/p-1. The first-order chi connectivity index (χ1) is 36.6. The Balaban J connectivity index is 0.000000349. The number of aliphatic hydroxyl groups is 1. The number of anilines is 4. The Morgan fingerprint density at radius 3 is 1.71 bits per heavy atom. The van der Waals surface area contributed by atoms with Crippen LogP contribution in [0.3, 0.4) is 0 Å². The molecule has 9 rings (SSSR count). The van der Waals surface area contributed by atoms with Gasteiger partial charge in [-0.1, -0.05) is 28.4 Å². The molecule has 6 N–H and O–H groups in total. The lowest BCUT2D eigenvalue weighted by Crippen LogP contribution is -3.00. The molecule has 22 nitrogen and oxygen atoms in total. The molecule has 80 heavy (non-hydrogen) atoms. The summed E-state index contributed by atoms with van der Waals surface area (Å²) < 4.78 is 47.2. The van der Waals surface area contributed by atoms with Crippen LogP contribution in [0.5, 0.6) is 0 Å². The van der Waals surface area contributed by atoms with E-state index < -0.39 is 10.4 Å². The van der Waals surface area contributed by atoms with Crippen molar-refractivity contribution in [1.29, 1.82) is 0 Å². The van der Waals surface area contributed by atoms with Crippen molar-refractivity contribution in [1.82, 2.24) is 18.7 Å². The molecule has 0 amide bonds. The number of hydrogen-bond donors (Lipinski definition) is 4. The van der Waals surface area contributed by atoms with E-state index in [-0.39, 0.29) is 43.8 Å². The molecule has 0 radical (unpaired) electrons. The Bertz CT molecular complexity index is 3540. The number of nitrogens with two attached hydrogens (primary N) is 2. The fourth-order valence-corrected chi connectivity index (χ4v) is 6.61. The molecule has 0 fully saturated rings. The number of aliphatic hydroxyl groups excluding tert-OH is 1. The van der Waals surface area contributed by atoms with E-state index in [0.717, 1.165) is 64.1 Å². The molecule has 2 aliphatic rings. The van der Waals surface area contributed by atoms with Crippen molar-refractivity contribution in [2.45, 2.75) is 6.61 Å². The summed E-state index contributed by atoms with van der Waals surface area (Å²) >= 11 is 0. The summed E-state index contributed by atoms with van der Waals surface area (Å²) in [6.45, 7) is -0.110. The molecule has 0 saturated carbocycles. The Morgan fingerprint density at radius 1 is 0.725 bits per heavy atom. The number of halogens is 3. The van der Waals surface area contributed by atoms with Gasteiger partial charge in [-0.2, -0.15) is 13.5 Å². The predicted octanol–water partition coefficient (Wildman–Crippen LogP) is -2.35. The molecule has 0 saturated heterocycles. The molecule has 1 aliphatic heterocycles. The van der Waals surface area contributed by atoms with Gasteiger partial charge >= 0.3 is 22.3 Å². The predicted molar refractivity (Wildman–Crippen MR) is 300 cm³/mol. The SMILES string of the molecule is CN(C)c1ccc(N=Nc2n(C)cc[n+]2C)cc1.CN(N=Cc1cc[n+](C)cc1)c1ccccc1.COS(=O)(=O)O.C[N+](C)=c1ccc2nc3cc(CO)c(N)cc3oc-2c1.Cn1cc[n+](C)c1N=Nc1ccc(N)cc1.[Cl-].[Cl-].[Cl-]. The van der Waals surface area contributed by atoms with Crippen LogP contribution in [0.15, 0.2) is 188 Å². The quantitative estimate of drug-likeness (QED) is 0.0215. The highest BCUT2D eigenvalue weighted by Crippen LogP contribution is 2.27. The van der Waals surface area contributed by atoms with Crippen molar-refractivity contribution in [3.05, 3.63) is 175 Å². The van der Waals surface area contributed by atoms with Crippen LogP contribution in [0.2, 0.25) is 0 Å². The molecule has 7 aromatic rings. The summed E-state index contributed by atoms with van der Waals surface area (Å²) in [6.07, 6.45) is 13.6. The van der Waals surface area contributed by atoms with Crippen molar-refractivity contribution in [2.24, 2.45) is 60.8 Å². The summed E-state index contributed by atoms with van der Waals surface area (Å²) in [5.74, 6) is 2.31. The highest BCUT2D eigenvalue weighted by Gasteiger charge is 2.14. The molecule has 0 bridgehead atoms. The van der Waals surface area contributed by atoms with Crippen molar-refractivity contribution in [2.75, 3.05) is 63.7 Å². The lowest BCUT2D eigenvalue weighted by Gasteiger charge is -2.11. The van der Waals surface area contributed by atoms with Gasteiger partial charge in [0, 0.05) is 83.8 Å². The zero-order valence-corrected chi connectivity index (χ0v) is 49.4. The Hall–Kier alpha value is -8.16. The summed E-state index contributed by atoms with van der Waals surface area (Å²) in [4.78, 5) is 6.60. The van der Waals surface area contributed by atoms with Gasteiger partial charge in [-0.25, -0.2) is 32.4 Å². The highest BCUT2D eigenvalue weighted by molar-refractivity contribution is 7.80. The number of benzene rings is 5. The molecule has 4 aromatic carbocycles. The molecule has 26 heteroatoms. The Morgan fingerprint density at radius 2 is 1.25 bits per heavy atom. The van der Waals surface area contributed by atoms with Crippen LogP contribution < -0.4 is 82.2 Å². The first-order valence-corrected chi connectivity index (χ1v) is 25.0. The third-order valence-corrected chi connectivity index (χ3v) is 11.5. The Kier molecular flexibility index (Phi) is 27.7. The maximum Gasteiger partial charge on any atom is 0.421 e. The molecule has 1 aliphatic carbocycles. The van der Waals surface area contributed by atoms with Crippen molar-refractivity contribution < 1.29 is 77.6 Å². The summed E-state index contributed by atoms with van der Waals surface area (Å²) in [7, 11) is 16.4. The van der Waals surface area contributed by atoms with Gasteiger partial charge in [0.2, 0.25) is 5.36 Å². The second-order valence-corrected chi connectivity index (χ2v) is 18.7. The van der Waals surface area contributed by atoms with Crippen LogP contribution in [-0.4, -0.2) is 80.8 Å². The van der Waals surface area contributed by atoms with E-state index in [1.165, 1.54) is 0 Å². The summed E-state index contributed by atoms with van der Waals surface area (Å²) in [5.41, 5.74) is 20.4. The fourth-order valence-electron chi connectivity index (χ4n) is 6.61. The monoisotopic (exact) mass is 1170 g/mol. The van der Waals surface area contributed by atoms with Gasteiger partial charge in [-0.05, 0) is 72.8 Å². The first kappa shape index (κ1) is 67.9. The van der Waals surface area contributed by atoms with Crippen LogP contribution >= 0.6 is 0 Å².